The van der Waals surface area contributed by atoms with Crippen LogP contribution in [0.1, 0.15) is 21.5 Å². The van der Waals surface area contributed by atoms with Gasteiger partial charge in [-0.2, -0.15) is 26.3 Å². The van der Waals surface area contributed by atoms with E-state index in [0.717, 1.165) is 0 Å². The summed E-state index contributed by atoms with van der Waals surface area (Å²) in [4.78, 5) is 25.0. The maximum absolute atomic E-state index is 12.8. The molecule has 0 aliphatic heterocycles. The van der Waals surface area contributed by atoms with E-state index in [9.17, 15) is 46.4 Å². The number of alkyl halides is 6. The zero-order valence-corrected chi connectivity index (χ0v) is 12.7. The number of hydrogen-bond acceptors (Lipinski definition) is 5. The van der Waals surface area contributed by atoms with E-state index in [1.165, 1.54) is 0 Å². The predicted molar refractivity (Wildman–Crippen MR) is 77.0 cm³/mol. The van der Waals surface area contributed by atoms with Crippen LogP contribution in [-0.2, 0) is 12.4 Å². The highest BCUT2D eigenvalue weighted by atomic mass is 19.4. The summed E-state index contributed by atoms with van der Waals surface area (Å²) >= 11 is 0. The van der Waals surface area contributed by atoms with E-state index in [1.54, 1.807) is 5.32 Å². The minimum atomic E-state index is -5.15. The van der Waals surface area contributed by atoms with Crippen LogP contribution in [0.4, 0.5) is 37.8 Å². The largest absolute Gasteiger partial charge is 0.504 e. The van der Waals surface area contributed by atoms with Gasteiger partial charge in [0.25, 0.3) is 11.6 Å². The van der Waals surface area contributed by atoms with Gasteiger partial charge in [0, 0.05) is 5.56 Å². The van der Waals surface area contributed by atoms with Crippen LogP contribution in [0.2, 0.25) is 0 Å². The number of aromatic hydroxyl groups is 1. The molecule has 0 saturated carbocycles. The third-order valence-electron chi connectivity index (χ3n) is 3.15. The van der Waals surface area contributed by atoms with E-state index >= 15 is 0 Å². The van der Waals surface area contributed by atoms with Gasteiger partial charge in [-0.05, 0) is 18.2 Å². The molecule has 0 aliphatic rings. The van der Waals surface area contributed by atoms with Crippen molar-refractivity contribution in [3.63, 3.8) is 0 Å². The lowest BCUT2D eigenvalue weighted by atomic mass is 10.0. The molecule has 2 N–H and O–H groups in total. The monoisotopic (exact) mass is 395 g/mol. The second-order valence-corrected chi connectivity index (χ2v) is 5.07. The molecule has 1 aromatic carbocycles. The fourth-order valence-electron chi connectivity index (χ4n) is 1.90. The summed E-state index contributed by atoms with van der Waals surface area (Å²) in [5.41, 5.74) is -5.06. The quantitative estimate of drug-likeness (QED) is 0.465. The highest BCUT2D eigenvalue weighted by molar-refractivity contribution is 6.04. The summed E-state index contributed by atoms with van der Waals surface area (Å²) in [6.07, 6.45) is -9.67. The second kappa shape index (κ2) is 6.74. The normalized spacial score (nSPS) is 11.9. The number of benzene rings is 1. The summed E-state index contributed by atoms with van der Waals surface area (Å²) in [5.74, 6) is -3.03. The molecule has 1 aromatic heterocycles. The summed E-state index contributed by atoms with van der Waals surface area (Å²) in [6.45, 7) is 0. The van der Waals surface area contributed by atoms with Crippen LogP contribution < -0.4 is 5.32 Å². The lowest BCUT2D eigenvalue weighted by Gasteiger charge is -2.14. The molecule has 0 aliphatic carbocycles. The molecule has 0 unspecified atom stereocenters. The Bertz CT molecular complexity index is 878. The Hall–Kier alpha value is -3.38. The van der Waals surface area contributed by atoms with E-state index < -0.39 is 57.1 Å². The second-order valence-electron chi connectivity index (χ2n) is 5.07. The maximum atomic E-state index is 12.8. The Labute approximate surface area is 145 Å². The average molecular weight is 395 g/mol. The van der Waals surface area contributed by atoms with Crippen molar-refractivity contribution in [2.45, 2.75) is 12.4 Å². The third kappa shape index (κ3) is 4.62. The smallest absolute Gasteiger partial charge is 0.416 e. The molecule has 0 fully saturated rings. The number of pyridine rings is 1. The van der Waals surface area contributed by atoms with Crippen molar-refractivity contribution in [2.75, 3.05) is 5.32 Å². The third-order valence-corrected chi connectivity index (χ3v) is 3.15. The van der Waals surface area contributed by atoms with Crippen molar-refractivity contribution >= 4 is 17.4 Å². The van der Waals surface area contributed by atoms with Crippen molar-refractivity contribution in [3.05, 3.63) is 57.3 Å². The molecule has 27 heavy (non-hydrogen) atoms. The molecular formula is C14H7F6N3O4. The molecule has 13 heteroatoms. The van der Waals surface area contributed by atoms with Crippen LogP contribution in [0.5, 0.6) is 5.75 Å². The van der Waals surface area contributed by atoms with Crippen LogP contribution in [0.25, 0.3) is 0 Å². The molecule has 0 radical (unpaired) electrons. The fourth-order valence-corrected chi connectivity index (χ4v) is 1.90. The molecule has 1 heterocycles. The number of amides is 1. The highest BCUT2D eigenvalue weighted by Gasteiger charge is 2.37. The van der Waals surface area contributed by atoms with Crippen LogP contribution in [-0.4, -0.2) is 20.9 Å². The summed E-state index contributed by atoms with van der Waals surface area (Å²) < 4.78 is 76.8. The maximum Gasteiger partial charge on any atom is 0.416 e. The molecule has 2 rings (SSSR count). The number of hydrogen-bond donors (Lipinski definition) is 2. The lowest BCUT2D eigenvalue weighted by Crippen LogP contribution is -2.17. The standard InChI is InChI=1S/C14H7F6N3O4/c15-13(16,17)7-1-6(2-8(3-7)14(18,19)20)12(25)22-11-10(24)4-9(5-21-11)23(26)27/h1-5,24H,(H,21,22,25). The zero-order chi connectivity index (χ0) is 20.6. The zero-order valence-electron chi connectivity index (χ0n) is 12.7. The van der Waals surface area contributed by atoms with E-state index in [4.69, 9.17) is 0 Å². The topological polar surface area (TPSA) is 105 Å². The van der Waals surface area contributed by atoms with Crippen molar-refractivity contribution in [2.24, 2.45) is 0 Å². The number of nitrogens with zero attached hydrogens (tertiary/aromatic N) is 2. The molecular weight excluding hydrogens is 388 g/mol. The Kier molecular flexibility index (Phi) is 4.97. The first-order chi connectivity index (χ1) is 12.3. The van der Waals surface area contributed by atoms with Gasteiger partial charge in [0.2, 0.25) is 0 Å². The number of carbonyl (C=O) groups is 1. The van der Waals surface area contributed by atoms with Crippen molar-refractivity contribution in [3.8, 4) is 5.75 Å². The van der Waals surface area contributed by atoms with Crippen molar-refractivity contribution < 1.29 is 41.2 Å². The fraction of sp³-hybridized carbons (Fsp3) is 0.143. The van der Waals surface area contributed by atoms with Crippen LogP contribution >= 0.6 is 0 Å². The van der Waals surface area contributed by atoms with Gasteiger partial charge in [0.05, 0.1) is 22.1 Å². The molecule has 0 saturated heterocycles. The van der Waals surface area contributed by atoms with E-state index in [0.29, 0.717) is 12.3 Å². The molecule has 144 valence electrons. The Morgan fingerprint density at radius 1 is 1.04 bits per heavy atom. The van der Waals surface area contributed by atoms with E-state index in [1.807, 2.05) is 0 Å². The number of anilines is 1. The Morgan fingerprint density at radius 3 is 1.96 bits per heavy atom. The Morgan fingerprint density at radius 2 is 1.56 bits per heavy atom. The van der Waals surface area contributed by atoms with Gasteiger partial charge < -0.3 is 10.4 Å². The lowest BCUT2D eigenvalue weighted by molar-refractivity contribution is -0.385. The molecule has 7 nitrogen and oxygen atoms in total. The molecule has 0 atom stereocenters. The van der Waals surface area contributed by atoms with E-state index in [-0.39, 0.29) is 18.2 Å². The highest BCUT2D eigenvalue weighted by Crippen LogP contribution is 2.36. The molecule has 0 bridgehead atoms. The average Bonchev–Trinajstić information content (AvgIpc) is 2.54. The van der Waals surface area contributed by atoms with Crippen LogP contribution in [0.15, 0.2) is 30.5 Å². The first kappa shape index (κ1) is 19.9. The van der Waals surface area contributed by atoms with E-state index in [2.05, 4.69) is 4.98 Å². The number of nitrogens with one attached hydrogen (secondary N) is 1. The van der Waals surface area contributed by atoms with Crippen molar-refractivity contribution in [1.82, 2.24) is 4.98 Å². The van der Waals surface area contributed by atoms with Gasteiger partial charge in [-0.3, -0.25) is 14.9 Å². The minimum absolute atomic E-state index is 0.154. The summed E-state index contributed by atoms with van der Waals surface area (Å²) in [7, 11) is 0. The number of nitro groups is 1. The summed E-state index contributed by atoms with van der Waals surface area (Å²) in [6, 6.07) is 0.814. The van der Waals surface area contributed by atoms with Gasteiger partial charge in [-0.1, -0.05) is 0 Å². The Balaban J connectivity index is 2.42. The molecule has 0 spiro atoms. The number of halogens is 6. The summed E-state index contributed by atoms with van der Waals surface area (Å²) in [5, 5.41) is 21.9. The first-order valence-electron chi connectivity index (χ1n) is 6.73. The van der Waals surface area contributed by atoms with Crippen LogP contribution in [0.3, 0.4) is 0 Å². The number of aromatic nitrogens is 1. The van der Waals surface area contributed by atoms with Gasteiger partial charge in [0.1, 0.15) is 6.20 Å². The van der Waals surface area contributed by atoms with Gasteiger partial charge in [0.15, 0.2) is 11.6 Å². The predicted octanol–water partition coefficient (Wildman–Crippen LogP) is 3.99. The van der Waals surface area contributed by atoms with Crippen LogP contribution in [0, 0.1) is 10.1 Å². The minimum Gasteiger partial charge on any atom is -0.504 e. The number of rotatable bonds is 3. The van der Waals surface area contributed by atoms with Gasteiger partial charge in [-0.25, -0.2) is 4.98 Å². The molecule has 1 amide bonds. The number of carbonyl (C=O) groups excluding carboxylic acids is 1. The SMILES string of the molecule is O=C(Nc1ncc([N+](=O)[O-])cc1O)c1cc(C(F)(F)F)cc(C(F)(F)F)c1. The first-order valence-corrected chi connectivity index (χ1v) is 6.73. The van der Waals surface area contributed by atoms with Crippen molar-refractivity contribution in [1.29, 1.82) is 0 Å². The van der Waals surface area contributed by atoms with Gasteiger partial charge in [-0.15, -0.1) is 0 Å². The van der Waals surface area contributed by atoms with Gasteiger partial charge >= 0.3 is 12.4 Å². The molecule has 2 aromatic rings.